The van der Waals surface area contributed by atoms with Gasteiger partial charge in [0.1, 0.15) is 5.76 Å². The van der Waals surface area contributed by atoms with Crippen LogP contribution in [0.25, 0.3) is 0 Å². The van der Waals surface area contributed by atoms with Crippen molar-refractivity contribution in [2.45, 2.75) is 53.6 Å². The van der Waals surface area contributed by atoms with Gasteiger partial charge < -0.3 is 14.8 Å². The lowest BCUT2D eigenvalue weighted by Gasteiger charge is -2.38. The van der Waals surface area contributed by atoms with E-state index in [0.29, 0.717) is 12.4 Å². The molecule has 0 unspecified atom stereocenters. The highest BCUT2D eigenvalue weighted by molar-refractivity contribution is 5.75. The monoisotopic (exact) mass is 254 g/mol. The molecule has 0 saturated heterocycles. The van der Waals surface area contributed by atoms with E-state index in [1.54, 1.807) is 13.8 Å². The van der Waals surface area contributed by atoms with Gasteiger partial charge in [-0.1, -0.05) is 0 Å². The lowest BCUT2D eigenvalue weighted by molar-refractivity contribution is -0.151. The van der Waals surface area contributed by atoms with E-state index >= 15 is 0 Å². The first kappa shape index (κ1) is 14.7. The van der Waals surface area contributed by atoms with E-state index in [1.807, 2.05) is 27.7 Å². The summed E-state index contributed by atoms with van der Waals surface area (Å²) in [5.41, 5.74) is -0.596. The van der Waals surface area contributed by atoms with Gasteiger partial charge in [0, 0.05) is 5.54 Å². The van der Waals surface area contributed by atoms with Crippen molar-refractivity contribution in [2.75, 3.05) is 0 Å². The molecule has 0 atom stereocenters. The number of carboxylic acids is 1. The van der Waals surface area contributed by atoms with E-state index in [1.165, 1.54) is 0 Å². The first-order chi connectivity index (χ1) is 8.08. The van der Waals surface area contributed by atoms with E-state index in [0.717, 1.165) is 11.5 Å². The summed E-state index contributed by atoms with van der Waals surface area (Å²) in [4.78, 5) is 15.5. The Morgan fingerprint density at radius 3 is 2.28 bits per heavy atom. The van der Waals surface area contributed by atoms with Crippen molar-refractivity contribution in [1.82, 2.24) is 10.3 Å². The van der Waals surface area contributed by atoms with E-state index in [-0.39, 0.29) is 0 Å². The Bertz CT molecular complexity index is 428. The molecule has 0 saturated carbocycles. The van der Waals surface area contributed by atoms with Gasteiger partial charge in [0.15, 0.2) is 0 Å². The molecular weight excluding hydrogens is 232 g/mol. The highest BCUT2D eigenvalue weighted by atomic mass is 16.4. The van der Waals surface area contributed by atoms with Gasteiger partial charge in [-0.15, -0.1) is 0 Å². The van der Waals surface area contributed by atoms with Crippen LogP contribution in [0.5, 0.6) is 0 Å². The third-order valence-corrected chi connectivity index (χ3v) is 3.85. The van der Waals surface area contributed by atoms with Gasteiger partial charge in [-0.2, -0.15) is 0 Å². The summed E-state index contributed by atoms with van der Waals surface area (Å²) >= 11 is 0. The topological polar surface area (TPSA) is 75.4 Å². The quantitative estimate of drug-likeness (QED) is 0.843. The molecule has 102 valence electrons. The molecule has 0 aliphatic rings. The zero-order valence-electron chi connectivity index (χ0n) is 11.9. The maximum absolute atomic E-state index is 11.3. The van der Waals surface area contributed by atoms with Crippen LogP contribution in [0.1, 0.15) is 45.0 Å². The van der Waals surface area contributed by atoms with Gasteiger partial charge >= 0.3 is 5.97 Å². The lowest BCUT2D eigenvalue weighted by atomic mass is 9.74. The number of aliphatic carboxylic acids is 1. The molecule has 1 rings (SSSR count). The third-order valence-electron chi connectivity index (χ3n) is 3.85. The van der Waals surface area contributed by atoms with Crippen LogP contribution < -0.4 is 5.32 Å². The van der Waals surface area contributed by atoms with E-state index < -0.39 is 16.9 Å². The average molecular weight is 254 g/mol. The van der Waals surface area contributed by atoms with Crippen molar-refractivity contribution in [1.29, 1.82) is 0 Å². The normalized spacial score (nSPS) is 12.8. The number of aryl methyl sites for hydroxylation is 2. The third kappa shape index (κ3) is 2.72. The molecule has 1 aromatic heterocycles. The fraction of sp³-hybridized carbons (Fsp3) is 0.692. The van der Waals surface area contributed by atoms with Crippen LogP contribution in [-0.4, -0.2) is 21.6 Å². The molecular formula is C13H22N2O3. The van der Waals surface area contributed by atoms with Gasteiger partial charge in [-0.3, -0.25) is 4.79 Å². The molecule has 0 aliphatic heterocycles. The Morgan fingerprint density at radius 2 is 1.89 bits per heavy atom. The number of aromatic nitrogens is 1. The molecule has 0 bridgehead atoms. The second-order valence-electron chi connectivity index (χ2n) is 5.66. The van der Waals surface area contributed by atoms with Crippen molar-refractivity contribution >= 4 is 5.97 Å². The molecule has 1 heterocycles. The number of oxazole rings is 1. The summed E-state index contributed by atoms with van der Waals surface area (Å²) in [6.07, 6.45) is 0. The molecule has 0 amide bonds. The predicted molar refractivity (Wildman–Crippen MR) is 68.3 cm³/mol. The highest BCUT2D eigenvalue weighted by Gasteiger charge is 2.43. The second kappa shape index (κ2) is 4.72. The smallest absolute Gasteiger partial charge is 0.310 e. The van der Waals surface area contributed by atoms with Crippen LogP contribution in [0.15, 0.2) is 4.42 Å². The molecule has 0 aliphatic carbocycles. The SMILES string of the molecule is Cc1nc(CNC(C)(C)C(C)(C)C(=O)O)oc1C. The summed E-state index contributed by atoms with van der Waals surface area (Å²) in [5.74, 6) is 0.543. The van der Waals surface area contributed by atoms with Gasteiger partial charge in [-0.25, -0.2) is 4.98 Å². The number of carboxylic acid groups (broad SMARTS) is 1. The molecule has 2 N–H and O–H groups in total. The Labute approximate surface area is 108 Å². The Balaban J connectivity index is 2.75. The lowest BCUT2D eigenvalue weighted by Crippen LogP contribution is -2.54. The summed E-state index contributed by atoms with van der Waals surface area (Å²) in [5, 5.41) is 12.4. The largest absolute Gasteiger partial charge is 0.481 e. The number of rotatable bonds is 5. The minimum Gasteiger partial charge on any atom is -0.481 e. The van der Waals surface area contributed by atoms with Gasteiger partial charge in [0.2, 0.25) is 5.89 Å². The molecule has 0 fully saturated rings. The van der Waals surface area contributed by atoms with E-state index in [4.69, 9.17) is 4.42 Å². The number of hydrogen-bond donors (Lipinski definition) is 2. The van der Waals surface area contributed by atoms with E-state index in [9.17, 15) is 9.90 Å². The van der Waals surface area contributed by atoms with Crippen molar-refractivity contribution in [3.63, 3.8) is 0 Å². The zero-order chi connectivity index (χ0) is 14.1. The van der Waals surface area contributed by atoms with Crippen molar-refractivity contribution in [3.8, 4) is 0 Å². The maximum Gasteiger partial charge on any atom is 0.310 e. The summed E-state index contributed by atoms with van der Waals surface area (Å²) in [6.45, 7) is 11.3. The summed E-state index contributed by atoms with van der Waals surface area (Å²) in [7, 11) is 0. The molecule has 0 spiro atoms. The number of nitrogens with one attached hydrogen (secondary N) is 1. The predicted octanol–water partition coefficient (Wildman–Crippen LogP) is 2.27. The van der Waals surface area contributed by atoms with Crippen molar-refractivity contribution in [2.24, 2.45) is 5.41 Å². The Kier molecular flexibility index (Phi) is 3.86. The fourth-order valence-electron chi connectivity index (χ4n) is 1.40. The Hall–Kier alpha value is -1.36. The highest BCUT2D eigenvalue weighted by Crippen LogP contribution is 2.31. The first-order valence-corrected chi connectivity index (χ1v) is 5.99. The van der Waals surface area contributed by atoms with Gasteiger partial charge in [0.05, 0.1) is 17.7 Å². The molecule has 1 aromatic rings. The molecule has 0 aromatic carbocycles. The Morgan fingerprint density at radius 1 is 1.33 bits per heavy atom. The van der Waals surface area contributed by atoms with Gasteiger partial charge in [0.25, 0.3) is 0 Å². The fourth-order valence-corrected chi connectivity index (χ4v) is 1.40. The number of nitrogens with zero attached hydrogens (tertiary/aromatic N) is 1. The molecule has 0 radical (unpaired) electrons. The number of hydrogen-bond acceptors (Lipinski definition) is 4. The average Bonchev–Trinajstić information content (AvgIpc) is 2.55. The summed E-state index contributed by atoms with van der Waals surface area (Å²) < 4.78 is 5.46. The standard InChI is InChI=1S/C13H22N2O3/c1-8-9(2)18-10(15-8)7-14-13(5,6)12(3,4)11(16)17/h14H,7H2,1-6H3,(H,16,17). The maximum atomic E-state index is 11.3. The molecule has 18 heavy (non-hydrogen) atoms. The van der Waals surface area contributed by atoms with Crippen molar-refractivity contribution in [3.05, 3.63) is 17.3 Å². The molecule has 5 heteroatoms. The minimum atomic E-state index is -0.885. The zero-order valence-corrected chi connectivity index (χ0v) is 11.9. The van der Waals surface area contributed by atoms with Crippen molar-refractivity contribution < 1.29 is 14.3 Å². The minimum absolute atomic E-state index is 0.415. The van der Waals surface area contributed by atoms with E-state index in [2.05, 4.69) is 10.3 Å². The van der Waals surface area contributed by atoms with Gasteiger partial charge in [-0.05, 0) is 41.5 Å². The van der Waals surface area contributed by atoms with Crippen LogP contribution in [0, 0.1) is 19.3 Å². The van der Waals surface area contributed by atoms with Crippen LogP contribution in [0.4, 0.5) is 0 Å². The second-order valence-corrected chi connectivity index (χ2v) is 5.66. The van der Waals surface area contributed by atoms with Crippen LogP contribution in [0.2, 0.25) is 0 Å². The summed E-state index contributed by atoms with van der Waals surface area (Å²) in [6, 6.07) is 0. The van der Waals surface area contributed by atoms with Crippen LogP contribution in [0.3, 0.4) is 0 Å². The van der Waals surface area contributed by atoms with Crippen LogP contribution >= 0.6 is 0 Å². The first-order valence-electron chi connectivity index (χ1n) is 5.99. The molecule has 5 nitrogen and oxygen atoms in total. The number of carbonyl (C=O) groups is 1. The van der Waals surface area contributed by atoms with Crippen LogP contribution in [-0.2, 0) is 11.3 Å².